The van der Waals surface area contributed by atoms with E-state index in [4.69, 9.17) is 0 Å². The number of nitrogens with one attached hydrogen (secondary N) is 2. The Morgan fingerprint density at radius 2 is 2.00 bits per heavy atom. The van der Waals surface area contributed by atoms with Crippen molar-refractivity contribution in [3.05, 3.63) is 53.9 Å². The van der Waals surface area contributed by atoms with E-state index < -0.39 is 0 Å². The first-order chi connectivity index (χ1) is 11.2. The van der Waals surface area contributed by atoms with E-state index >= 15 is 0 Å². The number of halogens is 1. The number of rotatable bonds is 4. The number of benzene rings is 1. The summed E-state index contributed by atoms with van der Waals surface area (Å²) < 4.78 is 12.9. The van der Waals surface area contributed by atoms with Crippen LogP contribution in [0.2, 0.25) is 0 Å². The van der Waals surface area contributed by atoms with E-state index in [0.29, 0.717) is 17.2 Å². The lowest BCUT2D eigenvalue weighted by Crippen LogP contribution is -2.29. The standard InChI is InChI=1S/C17H19FN4O/c18-13-1-3-14(4-2-13)22-17(23)15-10-20-11-21-16(15)9-12-5-7-19-8-6-12/h1-4,10-12,19H,5-9H2,(H,22,23). The molecule has 2 aromatic rings. The van der Waals surface area contributed by atoms with Crippen LogP contribution in [0.3, 0.4) is 0 Å². The van der Waals surface area contributed by atoms with Gasteiger partial charge in [0.1, 0.15) is 12.1 Å². The number of carbonyl (C=O) groups is 1. The number of hydrogen-bond donors (Lipinski definition) is 2. The van der Waals surface area contributed by atoms with Crippen LogP contribution in [0.5, 0.6) is 0 Å². The van der Waals surface area contributed by atoms with Gasteiger partial charge in [0.2, 0.25) is 0 Å². The van der Waals surface area contributed by atoms with Crippen molar-refractivity contribution in [1.29, 1.82) is 0 Å². The SMILES string of the molecule is O=C(Nc1ccc(F)cc1)c1cncnc1CC1CCNCC1. The van der Waals surface area contributed by atoms with E-state index in [9.17, 15) is 9.18 Å². The minimum atomic E-state index is -0.336. The molecule has 3 rings (SSSR count). The molecular formula is C17H19FN4O. The van der Waals surface area contributed by atoms with Crippen molar-refractivity contribution >= 4 is 11.6 Å². The van der Waals surface area contributed by atoms with Gasteiger partial charge in [0.15, 0.2) is 0 Å². The first kappa shape index (κ1) is 15.6. The molecule has 1 aliphatic heterocycles. The largest absolute Gasteiger partial charge is 0.322 e. The van der Waals surface area contributed by atoms with Crippen LogP contribution in [0.25, 0.3) is 0 Å². The lowest BCUT2D eigenvalue weighted by Gasteiger charge is -2.22. The van der Waals surface area contributed by atoms with Gasteiger partial charge in [0.25, 0.3) is 5.91 Å². The third kappa shape index (κ3) is 4.10. The van der Waals surface area contributed by atoms with Crippen LogP contribution in [0, 0.1) is 11.7 Å². The summed E-state index contributed by atoms with van der Waals surface area (Å²) in [5.41, 5.74) is 1.80. The molecule has 0 unspecified atom stereocenters. The fourth-order valence-electron chi connectivity index (χ4n) is 2.80. The summed E-state index contributed by atoms with van der Waals surface area (Å²) in [5, 5.41) is 6.10. The molecule has 5 nitrogen and oxygen atoms in total. The summed E-state index contributed by atoms with van der Waals surface area (Å²) in [4.78, 5) is 20.7. The van der Waals surface area contributed by atoms with Gasteiger partial charge in [-0.3, -0.25) is 4.79 Å². The summed E-state index contributed by atoms with van der Waals surface area (Å²) in [7, 11) is 0. The van der Waals surface area contributed by atoms with Crippen LogP contribution in [0.1, 0.15) is 28.9 Å². The van der Waals surface area contributed by atoms with Crippen molar-refractivity contribution in [2.75, 3.05) is 18.4 Å². The summed E-state index contributed by atoms with van der Waals surface area (Å²) in [5.74, 6) is -0.0673. The quantitative estimate of drug-likeness (QED) is 0.909. The molecule has 1 saturated heterocycles. The third-order valence-electron chi connectivity index (χ3n) is 4.08. The first-order valence-corrected chi connectivity index (χ1v) is 7.79. The van der Waals surface area contributed by atoms with Gasteiger partial charge in [-0.1, -0.05) is 0 Å². The maximum atomic E-state index is 12.9. The van der Waals surface area contributed by atoms with E-state index in [-0.39, 0.29) is 11.7 Å². The van der Waals surface area contributed by atoms with Gasteiger partial charge in [-0.05, 0) is 62.5 Å². The van der Waals surface area contributed by atoms with Gasteiger partial charge in [0, 0.05) is 11.9 Å². The molecule has 23 heavy (non-hydrogen) atoms. The van der Waals surface area contributed by atoms with E-state index in [1.54, 1.807) is 6.20 Å². The van der Waals surface area contributed by atoms with Crippen molar-refractivity contribution in [2.45, 2.75) is 19.3 Å². The highest BCUT2D eigenvalue weighted by Crippen LogP contribution is 2.19. The molecule has 2 N–H and O–H groups in total. The van der Waals surface area contributed by atoms with Gasteiger partial charge in [-0.15, -0.1) is 0 Å². The predicted molar refractivity (Wildman–Crippen MR) is 85.7 cm³/mol. The second kappa shape index (κ2) is 7.28. The topological polar surface area (TPSA) is 66.9 Å². The van der Waals surface area contributed by atoms with Crippen LogP contribution in [0.4, 0.5) is 10.1 Å². The Labute approximate surface area is 134 Å². The molecule has 1 aliphatic rings. The Kier molecular flexibility index (Phi) is 4.92. The fraction of sp³-hybridized carbons (Fsp3) is 0.353. The molecule has 2 heterocycles. The molecule has 0 saturated carbocycles. The second-order valence-corrected chi connectivity index (χ2v) is 5.74. The minimum absolute atomic E-state index is 0.263. The van der Waals surface area contributed by atoms with E-state index in [1.165, 1.54) is 30.6 Å². The average molecular weight is 314 g/mol. The Hall–Kier alpha value is -2.34. The van der Waals surface area contributed by atoms with Gasteiger partial charge in [-0.2, -0.15) is 0 Å². The van der Waals surface area contributed by atoms with Gasteiger partial charge in [-0.25, -0.2) is 14.4 Å². The molecule has 120 valence electrons. The van der Waals surface area contributed by atoms with Crippen LogP contribution >= 0.6 is 0 Å². The number of carbonyl (C=O) groups excluding carboxylic acids is 1. The smallest absolute Gasteiger partial charge is 0.259 e. The molecule has 1 fully saturated rings. The highest BCUT2D eigenvalue weighted by atomic mass is 19.1. The van der Waals surface area contributed by atoms with Gasteiger partial charge < -0.3 is 10.6 Å². The predicted octanol–water partition coefficient (Wildman–Crippen LogP) is 2.41. The van der Waals surface area contributed by atoms with Crippen LogP contribution in [0.15, 0.2) is 36.8 Å². The zero-order valence-electron chi connectivity index (χ0n) is 12.8. The molecule has 0 spiro atoms. The molecule has 1 aromatic carbocycles. The molecule has 1 aromatic heterocycles. The highest BCUT2D eigenvalue weighted by Gasteiger charge is 2.19. The molecule has 0 radical (unpaired) electrons. The zero-order valence-corrected chi connectivity index (χ0v) is 12.8. The van der Waals surface area contributed by atoms with Crippen molar-refractivity contribution in [1.82, 2.24) is 15.3 Å². The van der Waals surface area contributed by atoms with E-state index in [2.05, 4.69) is 20.6 Å². The summed E-state index contributed by atoms with van der Waals surface area (Å²) in [6.07, 6.45) is 5.97. The van der Waals surface area contributed by atoms with Crippen LogP contribution < -0.4 is 10.6 Å². The Balaban J connectivity index is 1.73. The highest BCUT2D eigenvalue weighted by molar-refractivity contribution is 6.04. The monoisotopic (exact) mass is 314 g/mol. The molecule has 0 atom stereocenters. The molecular weight excluding hydrogens is 295 g/mol. The van der Waals surface area contributed by atoms with Gasteiger partial charge in [0.05, 0.1) is 11.3 Å². The fourth-order valence-corrected chi connectivity index (χ4v) is 2.80. The number of amides is 1. The van der Waals surface area contributed by atoms with Crippen molar-refractivity contribution < 1.29 is 9.18 Å². The van der Waals surface area contributed by atoms with Crippen molar-refractivity contribution in [2.24, 2.45) is 5.92 Å². The molecule has 6 heteroatoms. The number of aromatic nitrogens is 2. The lowest BCUT2D eigenvalue weighted by atomic mass is 9.92. The molecule has 0 aliphatic carbocycles. The third-order valence-corrected chi connectivity index (χ3v) is 4.08. The molecule has 0 bridgehead atoms. The number of nitrogens with zero attached hydrogens (tertiary/aromatic N) is 2. The second-order valence-electron chi connectivity index (χ2n) is 5.74. The Bertz CT molecular complexity index is 669. The van der Waals surface area contributed by atoms with Crippen LogP contribution in [-0.2, 0) is 6.42 Å². The van der Waals surface area contributed by atoms with Crippen molar-refractivity contribution in [3.8, 4) is 0 Å². The summed E-state index contributed by atoms with van der Waals surface area (Å²) >= 11 is 0. The Morgan fingerprint density at radius 1 is 1.26 bits per heavy atom. The van der Waals surface area contributed by atoms with E-state index in [1.807, 2.05) is 0 Å². The Morgan fingerprint density at radius 3 is 2.74 bits per heavy atom. The maximum absolute atomic E-state index is 12.9. The number of hydrogen-bond acceptors (Lipinski definition) is 4. The number of anilines is 1. The lowest BCUT2D eigenvalue weighted by molar-refractivity contribution is 0.102. The maximum Gasteiger partial charge on any atom is 0.259 e. The average Bonchev–Trinajstić information content (AvgIpc) is 2.58. The summed E-state index contributed by atoms with van der Waals surface area (Å²) in [6, 6.07) is 5.69. The number of piperidine rings is 1. The first-order valence-electron chi connectivity index (χ1n) is 7.79. The van der Waals surface area contributed by atoms with Crippen LogP contribution in [-0.4, -0.2) is 29.0 Å². The van der Waals surface area contributed by atoms with E-state index in [0.717, 1.165) is 38.0 Å². The zero-order chi connectivity index (χ0) is 16.1. The normalized spacial score (nSPS) is 15.3. The van der Waals surface area contributed by atoms with Crippen molar-refractivity contribution in [3.63, 3.8) is 0 Å². The minimum Gasteiger partial charge on any atom is -0.322 e. The molecule has 1 amide bonds. The summed E-state index contributed by atoms with van der Waals surface area (Å²) in [6.45, 7) is 2.01. The van der Waals surface area contributed by atoms with Gasteiger partial charge >= 0.3 is 0 Å².